The van der Waals surface area contributed by atoms with Gasteiger partial charge >= 0.3 is 0 Å². The quantitative estimate of drug-likeness (QED) is 0.546. The van der Waals surface area contributed by atoms with Gasteiger partial charge < -0.3 is 9.64 Å². The van der Waals surface area contributed by atoms with Gasteiger partial charge in [-0.15, -0.1) is 0 Å². The lowest BCUT2D eigenvalue weighted by Gasteiger charge is -2.45. The fraction of sp³-hybridized carbons (Fsp3) is 0.409. The number of halogens is 2. The number of nitrogens with zero attached hydrogens (tertiary/aromatic N) is 1. The lowest BCUT2D eigenvalue weighted by atomic mass is 9.91. The summed E-state index contributed by atoms with van der Waals surface area (Å²) in [6.45, 7) is -0.190. The Morgan fingerprint density at radius 2 is 1.81 bits per heavy atom. The van der Waals surface area contributed by atoms with Crippen LogP contribution in [0.15, 0.2) is 48.5 Å². The standard InChI is InChI=1S/C22H23Cl2NO5S/c1-31(27,28)30-12-19(14-5-6-14)25-20(26)13-29-22(16-3-2-4-18(24)11-16)21(25)15-7-9-17(23)10-8-15/h2-4,7-11,14,19,21-22H,5-6,12-13H2,1H3/t19?,21-,22-/m1/s1. The summed E-state index contributed by atoms with van der Waals surface area (Å²) in [5, 5.41) is 1.15. The van der Waals surface area contributed by atoms with Crippen LogP contribution < -0.4 is 0 Å². The molecule has 1 saturated carbocycles. The summed E-state index contributed by atoms with van der Waals surface area (Å²) >= 11 is 12.3. The Kier molecular flexibility index (Phi) is 6.60. The van der Waals surface area contributed by atoms with Crippen LogP contribution in [0, 0.1) is 5.92 Å². The summed E-state index contributed by atoms with van der Waals surface area (Å²) in [6.07, 6.45) is 2.37. The second-order valence-electron chi connectivity index (χ2n) is 7.98. The number of ether oxygens (including phenoxy) is 1. The van der Waals surface area contributed by atoms with Crippen LogP contribution in [0.2, 0.25) is 10.0 Å². The Morgan fingerprint density at radius 1 is 1.10 bits per heavy atom. The molecule has 3 atom stereocenters. The van der Waals surface area contributed by atoms with Gasteiger partial charge in [0.2, 0.25) is 5.91 Å². The molecule has 1 saturated heterocycles. The van der Waals surface area contributed by atoms with E-state index < -0.39 is 22.3 Å². The van der Waals surface area contributed by atoms with Crippen molar-refractivity contribution < 1.29 is 22.1 Å². The highest BCUT2D eigenvalue weighted by Gasteiger charge is 2.47. The van der Waals surface area contributed by atoms with E-state index in [1.54, 1.807) is 23.1 Å². The van der Waals surface area contributed by atoms with Crippen molar-refractivity contribution in [3.63, 3.8) is 0 Å². The van der Waals surface area contributed by atoms with E-state index in [1.165, 1.54) is 0 Å². The molecule has 4 rings (SSSR count). The van der Waals surface area contributed by atoms with E-state index >= 15 is 0 Å². The number of benzene rings is 2. The highest BCUT2D eigenvalue weighted by Crippen LogP contribution is 2.46. The van der Waals surface area contributed by atoms with Gasteiger partial charge in [-0.3, -0.25) is 8.98 Å². The summed E-state index contributed by atoms with van der Waals surface area (Å²) in [7, 11) is -3.64. The summed E-state index contributed by atoms with van der Waals surface area (Å²) < 4.78 is 34.5. The molecule has 9 heteroatoms. The molecule has 1 unspecified atom stereocenters. The van der Waals surface area contributed by atoms with E-state index in [0.717, 1.165) is 30.2 Å². The van der Waals surface area contributed by atoms with E-state index in [1.807, 2.05) is 30.3 Å². The van der Waals surface area contributed by atoms with Gasteiger partial charge in [-0.2, -0.15) is 8.42 Å². The van der Waals surface area contributed by atoms with Crippen LogP contribution in [-0.2, 0) is 23.8 Å². The fourth-order valence-electron chi connectivity index (χ4n) is 4.09. The molecule has 1 amide bonds. The summed E-state index contributed by atoms with van der Waals surface area (Å²) in [6, 6.07) is 13.7. The first-order chi connectivity index (χ1) is 14.7. The third kappa shape index (κ3) is 5.41. The molecule has 31 heavy (non-hydrogen) atoms. The molecule has 1 aliphatic carbocycles. The lowest BCUT2D eigenvalue weighted by Crippen LogP contribution is -2.53. The third-order valence-corrected chi connectivity index (χ3v) is 6.68. The average Bonchev–Trinajstić information content (AvgIpc) is 3.54. The van der Waals surface area contributed by atoms with Gasteiger partial charge in [0.15, 0.2) is 0 Å². The zero-order chi connectivity index (χ0) is 22.2. The fourth-order valence-corrected chi connectivity index (χ4v) is 4.81. The third-order valence-electron chi connectivity index (χ3n) is 5.63. The highest BCUT2D eigenvalue weighted by molar-refractivity contribution is 7.85. The van der Waals surface area contributed by atoms with Crippen LogP contribution in [0.5, 0.6) is 0 Å². The van der Waals surface area contributed by atoms with Gasteiger partial charge in [0.05, 0.1) is 24.9 Å². The Labute approximate surface area is 192 Å². The van der Waals surface area contributed by atoms with Crippen LogP contribution >= 0.6 is 23.2 Å². The van der Waals surface area contributed by atoms with Crippen LogP contribution in [0.1, 0.15) is 36.1 Å². The number of carbonyl (C=O) groups is 1. The van der Waals surface area contributed by atoms with Gasteiger partial charge in [-0.25, -0.2) is 0 Å². The highest BCUT2D eigenvalue weighted by atomic mass is 35.5. The zero-order valence-electron chi connectivity index (χ0n) is 16.9. The Balaban J connectivity index is 1.77. The van der Waals surface area contributed by atoms with Crippen molar-refractivity contribution in [2.24, 2.45) is 5.92 Å². The number of hydrogen-bond donors (Lipinski definition) is 0. The minimum atomic E-state index is -3.64. The van der Waals surface area contributed by atoms with E-state index in [0.29, 0.717) is 10.0 Å². The van der Waals surface area contributed by atoms with Gasteiger partial charge in [-0.05, 0) is 54.2 Å². The molecule has 0 spiro atoms. The van der Waals surface area contributed by atoms with Crippen molar-refractivity contribution in [3.05, 3.63) is 69.7 Å². The molecule has 1 heterocycles. The second-order valence-corrected chi connectivity index (χ2v) is 10.5. The van der Waals surface area contributed by atoms with E-state index in [2.05, 4.69) is 0 Å². The molecule has 2 fully saturated rings. The normalized spacial score (nSPS) is 23.1. The first kappa shape index (κ1) is 22.6. The topological polar surface area (TPSA) is 72.9 Å². The predicted molar refractivity (Wildman–Crippen MR) is 118 cm³/mol. The molecular weight excluding hydrogens is 461 g/mol. The molecule has 0 N–H and O–H groups in total. The van der Waals surface area contributed by atoms with Crippen molar-refractivity contribution in [2.75, 3.05) is 19.5 Å². The molecule has 166 valence electrons. The summed E-state index contributed by atoms with van der Waals surface area (Å²) in [5.74, 6) is -0.0224. The maximum Gasteiger partial charge on any atom is 0.264 e. The molecule has 1 aliphatic heterocycles. The molecule has 2 aromatic carbocycles. The Bertz CT molecular complexity index is 1060. The molecule has 2 aromatic rings. The minimum absolute atomic E-state index is 0.0818. The smallest absolute Gasteiger partial charge is 0.264 e. The van der Waals surface area contributed by atoms with Crippen molar-refractivity contribution >= 4 is 39.2 Å². The number of amides is 1. The summed E-state index contributed by atoms with van der Waals surface area (Å²) in [4.78, 5) is 14.9. The first-order valence-corrected chi connectivity index (χ1v) is 12.6. The lowest BCUT2D eigenvalue weighted by molar-refractivity contribution is -0.165. The van der Waals surface area contributed by atoms with Gasteiger partial charge in [0.25, 0.3) is 10.1 Å². The predicted octanol–water partition coefficient (Wildman–Crippen LogP) is 4.39. The molecule has 0 aromatic heterocycles. The van der Waals surface area contributed by atoms with Gasteiger partial charge in [0, 0.05) is 10.0 Å². The van der Waals surface area contributed by atoms with Crippen LogP contribution in [-0.4, -0.2) is 44.7 Å². The number of rotatable bonds is 7. The molecule has 0 bridgehead atoms. The zero-order valence-corrected chi connectivity index (χ0v) is 19.2. The van der Waals surface area contributed by atoms with Crippen molar-refractivity contribution in [3.8, 4) is 0 Å². The maximum atomic E-state index is 13.1. The van der Waals surface area contributed by atoms with E-state index in [4.69, 9.17) is 32.1 Å². The Hall–Kier alpha value is -1.64. The van der Waals surface area contributed by atoms with Crippen molar-refractivity contribution in [2.45, 2.75) is 31.0 Å². The monoisotopic (exact) mass is 483 g/mol. The number of hydrogen-bond acceptors (Lipinski definition) is 5. The minimum Gasteiger partial charge on any atom is -0.361 e. The SMILES string of the molecule is CS(=O)(=O)OCC(C1CC1)N1C(=O)CO[C@H](c2cccc(Cl)c2)[C@H]1c1ccc(Cl)cc1. The molecular formula is C22H23Cl2NO5S. The van der Waals surface area contributed by atoms with Crippen LogP contribution in [0.25, 0.3) is 0 Å². The van der Waals surface area contributed by atoms with Crippen molar-refractivity contribution in [1.29, 1.82) is 0 Å². The number of morpholine rings is 1. The van der Waals surface area contributed by atoms with Gasteiger partial charge in [0.1, 0.15) is 12.7 Å². The van der Waals surface area contributed by atoms with Crippen LogP contribution in [0.4, 0.5) is 0 Å². The second kappa shape index (κ2) is 9.08. The number of carbonyl (C=O) groups excluding carboxylic acids is 1. The first-order valence-electron chi connectivity index (χ1n) is 10.0. The molecule has 6 nitrogen and oxygen atoms in total. The molecule has 0 radical (unpaired) electrons. The Morgan fingerprint density at radius 3 is 2.42 bits per heavy atom. The largest absolute Gasteiger partial charge is 0.361 e. The average molecular weight is 484 g/mol. The summed E-state index contributed by atoms with van der Waals surface area (Å²) in [5.41, 5.74) is 1.68. The van der Waals surface area contributed by atoms with Gasteiger partial charge in [-0.1, -0.05) is 47.5 Å². The van der Waals surface area contributed by atoms with Crippen molar-refractivity contribution in [1.82, 2.24) is 4.90 Å². The van der Waals surface area contributed by atoms with E-state index in [-0.39, 0.29) is 31.1 Å². The maximum absolute atomic E-state index is 13.1. The van der Waals surface area contributed by atoms with E-state index in [9.17, 15) is 13.2 Å². The van der Waals surface area contributed by atoms with Crippen LogP contribution in [0.3, 0.4) is 0 Å². The molecule has 2 aliphatic rings.